The molecular formula is C12H12BrClFN3S. The summed E-state index contributed by atoms with van der Waals surface area (Å²) in [5, 5.41) is 4.09. The van der Waals surface area contributed by atoms with Crippen LogP contribution < -0.4 is 5.73 Å². The molecule has 0 aliphatic rings. The first-order valence-electron chi connectivity index (χ1n) is 5.64. The molecule has 0 fully saturated rings. The van der Waals surface area contributed by atoms with Gasteiger partial charge < -0.3 is 5.73 Å². The Morgan fingerprint density at radius 3 is 2.74 bits per heavy atom. The van der Waals surface area contributed by atoms with E-state index in [4.69, 9.17) is 17.3 Å². The van der Waals surface area contributed by atoms with E-state index in [2.05, 4.69) is 25.5 Å². The van der Waals surface area contributed by atoms with E-state index < -0.39 is 11.9 Å². The minimum Gasteiger partial charge on any atom is -0.319 e. The zero-order valence-electron chi connectivity index (χ0n) is 10.3. The third kappa shape index (κ3) is 2.81. The molecule has 1 atom stereocenters. The van der Waals surface area contributed by atoms with Crippen LogP contribution >= 0.6 is 39.1 Å². The fourth-order valence-corrected chi connectivity index (χ4v) is 3.05. The summed E-state index contributed by atoms with van der Waals surface area (Å²) >= 11 is 10.3. The zero-order valence-corrected chi connectivity index (χ0v) is 13.5. The summed E-state index contributed by atoms with van der Waals surface area (Å²) in [6.45, 7) is 4.00. The summed E-state index contributed by atoms with van der Waals surface area (Å²) in [6.07, 6.45) is 0. The van der Waals surface area contributed by atoms with Crippen LogP contribution in [0.4, 0.5) is 4.39 Å². The fourth-order valence-electron chi connectivity index (χ4n) is 1.74. The van der Waals surface area contributed by atoms with E-state index in [-0.39, 0.29) is 10.9 Å². The molecule has 1 aromatic heterocycles. The van der Waals surface area contributed by atoms with Crippen LogP contribution in [0.1, 0.15) is 41.9 Å². The molecule has 7 heteroatoms. The lowest BCUT2D eigenvalue weighted by atomic mass is 10.0. The van der Waals surface area contributed by atoms with Gasteiger partial charge in [-0.3, -0.25) is 0 Å². The number of rotatable bonds is 3. The highest BCUT2D eigenvalue weighted by molar-refractivity contribution is 9.10. The molecule has 0 saturated heterocycles. The molecule has 0 aliphatic heterocycles. The molecule has 0 amide bonds. The van der Waals surface area contributed by atoms with Crippen LogP contribution in [0.3, 0.4) is 0 Å². The molecule has 3 nitrogen and oxygen atoms in total. The SMILES string of the molecule is CC(C)c1nnsc1C(N)c1ccc(Br)c(Cl)c1F. The Hall–Kier alpha value is -0.560. The zero-order chi connectivity index (χ0) is 14.2. The minimum atomic E-state index is -0.608. The highest BCUT2D eigenvalue weighted by atomic mass is 79.9. The molecule has 0 radical (unpaired) electrons. The molecule has 2 rings (SSSR count). The molecule has 0 bridgehead atoms. The normalized spacial score (nSPS) is 13.0. The second-order valence-electron chi connectivity index (χ2n) is 4.42. The van der Waals surface area contributed by atoms with Crippen molar-refractivity contribution < 1.29 is 4.39 Å². The van der Waals surface area contributed by atoms with Crippen LogP contribution in [-0.4, -0.2) is 9.59 Å². The predicted molar refractivity (Wildman–Crippen MR) is 79.1 cm³/mol. The van der Waals surface area contributed by atoms with Crippen molar-refractivity contribution in [3.05, 3.63) is 43.6 Å². The largest absolute Gasteiger partial charge is 0.319 e. The van der Waals surface area contributed by atoms with E-state index in [0.29, 0.717) is 10.0 Å². The third-order valence-electron chi connectivity index (χ3n) is 2.77. The van der Waals surface area contributed by atoms with Gasteiger partial charge in [-0.1, -0.05) is 36.0 Å². The summed E-state index contributed by atoms with van der Waals surface area (Å²) in [5.74, 6) is -0.319. The lowest BCUT2D eigenvalue weighted by Gasteiger charge is -2.14. The highest BCUT2D eigenvalue weighted by Crippen LogP contribution is 2.34. The van der Waals surface area contributed by atoms with E-state index in [9.17, 15) is 4.39 Å². The first kappa shape index (κ1) is 14.8. The number of hydrogen-bond donors (Lipinski definition) is 1. The molecule has 1 heterocycles. The van der Waals surface area contributed by atoms with Gasteiger partial charge in [-0.05, 0) is 39.4 Å². The van der Waals surface area contributed by atoms with Crippen molar-refractivity contribution in [2.45, 2.75) is 25.8 Å². The van der Waals surface area contributed by atoms with Crippen molar-refractivity contribution >= 4 is 39.1 Å². The summed E-state index contributed by atoms with van der Waals surface area (Å²) < 4.78 is 18.6. The maximum absolute atomic E-state index is 14.2. The van der Waals surface area contributed by atoms with Crippen molar-refractivity contribution in [2.24, 2.45) is 5.73 Å². The number of hydrogen-bond acceptors (Lipinski definition) is 4. The number of halogens is 3. The molecular weight excluding hydrogens is 353 g/mol. The summed E-state index contributed by atoms with van der Waals surface area (Å²) in [6, 6.07) is 2.70. The first-order valence-corrected chi connectivity index (χ1v) is 7.59. The maximum Gasteiger partial charge on any atom is 0.148 e. The highest BCUT2D eigenvalue weighted by Gasteiger charge is 2.23. The molecule has 102 valence electrons. The molecule has 2 N–H and O–H groups in total. The Morgan fingerprint density at radius 1 is 1.42 bits per heavy atom. The average Bonchev–Trinajstić information content (AvgIpc) is 2.84. The van der Waals surface area contributed by atoms with Gasteiger partial charge in [0.2, 0.25) is 0 Å². The second kappa shape index (κ2) is 5.83. The minimum absolute atomic E-state index is 0.0384. The van der Waals surface area contributed by atoms with Crippen molar-refractivity contribution in [3.8, 4) is 0 Å². The number of nitrogens with two attached hydrogens (primary N) is 1. The van der Waals surface area contributed by atoms with Crippen LogP contribution in [0.2, 0.25) is 5.02 Å². The third-order valence-corrected chi connectivity index (χ3v) is 4.85. The van der Waals surface area contributed by atoms with E-state index in [1.807, 2.05) is 13.8 Å². The van der Waals surface area contributed by atoms with Crippen molar-refractivity contribution in [1.82, 2.24) is 9.59 Å². The van der Waals surface area contributed by atoms with Gasteiger partial charge in [-0.2, -0.15) is 0 Å². The monoisotopic (exact) mass is 363 g/mol. The van der Waals surface area contributed by atoms with Gasteiger partial charge in [-0.15, -0.1) is 5.10 Å². The molecule has 0 saturated carbocycles. The summed E-state index contributed by atoms with van der Waals surface area (Å²) in [4.78, 5) is 0.771. The lowest BCUT2D eigenvalue weighted by molar-refractivity contribution is 0.599. The van der Waals surface area contributed by atoms with Gasteiger partial charge in [0.15, 0.2) is 0 Å². The Balaban J connectivity index is 2.47. The van der Waals surface area contributed by atoms with Gasteiger partial charge in [-0.25, -0.2) is 4.39 Å². The van der Waals surface area contributed by atoms with Crippen molar-refractivity contribution in [3.63, 3.8) is 0 Å². The van der Waals surface area contributed by atoms with Crippen molar-refractivity contribution in [2.75, 3.05) is 0 Å². The molecule has 0 aliphatic carbocycles. The second-order valence-corrected chi connectivity index (χ2v) is 6.44. The summed E-state index contributed by atoms with van der Waals surface area (Å²) in [5.41, 5.74) is 7.29. The van der Waals surface area contributed by atoms with Crippen LogP contribution in [-0.2, 0) is 0 Å². The van der Waals surface area contributed by atoms with Gasteiger partial charge in [0.05, 0.1) is 21.6 Å². The standard InChI is InChI=1S/C12H12BrClFN3S/c1-5(2)11-12(19-18-17-11)10(16)6-3-4-7(13)8(14)9(6)15/h3-5,10H,16H2,1-2H3. The van der Waals surface area contributed by atoms with E-state index >= 15 is 0 Å². The van der Waals surface area contributed by atoms with Gasteiger partial charge in [0.25, 0.3) is 0 Å². The van der Waals surface area contributed by atoms with Crippen LogP contribution in [0.25, 0.3) is 0 Å². The molecule has 19 heavy (non-hydrogen) atoms. The van der Waals surface area contributed by atoms with Crippen LogP contribution in [0.5, 0.6) is 0 Å². The first-order chi connectivity index (χ1) is 8.93. The number of benzene rings is 1. The Bertz CT molecular complexity index is 603. The Kier molecular flexibility index (Phi) is 4.55. The summed E-state index contributed by atoms with van der Waals surface area (Å²) in [7, 11) is 0. The Labute approximate surface area is 128 Å². The number of aromatic nitrogens is 2. The van der Waals surface area contributed by atoms with Gasteiger partial charge in [0, 0.05) is 10.0 Å². The maximum atomic E-state index is 14.2. The van der Waals surface area contributed by atoms with Crippen LogP contribution in [0.15, 0.2) is 16.6 Å². The Morgan fingerprint density at radius 2 is 2.11 bits per heavy atom. The smallest absolute Gasteiger partial charge is 0.148 e. The molecule has 0 spiro atoms. The van der Waals surface area contributed by atoms with Gasteiger partial charge >= 0.3 is 0 Å². The van der Waals surface area contributed by atoms with E-state index in [1.54, 1.807) is 12.1 Å². The van der Waals surface area contributed by atoms with Crippen LogP contribution in [0, 0.1) is 5.82 Å². The number of nitrogens with zero attached hydrogens (tertiary/aromatic N) is 2. The average molecular weight is 365 g/mol. The fraction of sp³-hybridized carbons (Fsp3) is 0.333. The lowest BCUT2D eigenvalue weighted by Crippen LogP contribution is -2.15. The van der Waals surface area contributed by atoms with Crippen molar-refractivity contribution in [1.29, 1.82) is 0 Å². The molecule has 1 unspecified atom stereocenters. The van der Waals surface area contributed by atoms with E-state index in [0.717, 1.165) is 10.6 Å². The predicted octanol–water partition coefficient (Wildman–Crippen LogP) is 4.26. The molecule has 2 aromatic rings. The topological polar surface area (TPSA) is 51.8 Å². The van der Waals surface area contributed by atoms with E-state index in [1.165, 1.54) is 11.5 Å². The quantitative estimate of drug-likeness (QED) is 0.828. The molecule has 1 aromatic carbocycles. The van der Waals surface area contributed by atoms with Gasteiger partial charge in [0.1, 0.15) is 5.82 Å².